The number of methoxy groups -OCH3 is 1. The predicted octanol–water partition coefficient (Wildman–Crippen LogP) is 2.81. The highest BCUT2D eigenvalue weighted by atomic mass is 79.9. The van der Waals surface area contributed by atoms with Crippen LogP contribution >= 0.6 is 15.9 Å². The number of rotatable bonds is 3. The molecule has 0 radical (unpaired) electrons. The van der Waals surface area contributed by atoms with Crippen molar-refractivity contribution in [3.05, 3.63) is 27.5 Å². The summed E-state index contributed by atoms with van der Waals surface area (Å²) in [7, 11) is 1.26. The van der Waals surface area contributed by atoms with Crippen molar-refractivity contribution in [2.24, 2.45) is 0 Å². The van der Waals surface area contributed by atoms with Gasteiger partial charge in [-0.05, 0) is 13.0 Å². The number of hydrogen-bond acceptors (Lipinski definition) is 3. The first kappa shape index (κ1) is 13.0. The van der Waals surface area contributed by atoms with Crippen molar-refractivity contribution in [2.45, 2.75) is 19.8 Å². The normalized spacial score (nSPS) is 10.6. The van der Waals surface area contributed by atoms with Crippen LogP contribution in [0.25, 0.3) is 0 Å². The molecule has 3 nitrogen and oxygen atoms in total. The fourth-order valence-corrected chi connectivity index (χ4v) is 2.00. The van der Waals surface area contributed by atoms with E-state index in [2.05, 4.69) is 25.7 Å². The van der Waals surface area contributed by atoms with E-state index in [-0.39, 0.29) is 22.2 Å². The van der Waals surface area contributed by atoms with Crippen LogP contribution in [0.5, 0.6) is 0 Å². The maximum absolute atomic E-state index is 12.6. The first-order valence-electron chi connectivity index (χ1n) is 4.46. The molecule has 0 saturated heterocycles. The second kappa shape index (κ2) is 5.34. The topological polar surface area (TPSA) is 39.2 Å². The molecule has 0 amide bonds. The van der Waals surface area contributed by atoms with E-state index in [9.17, 15) is 13.6 Å². The zero-order valence-corrected chi connectivity index (χ0v) is 10.3. The molecule has 0 aliphatic heterocycles. The Labute approximate surface area is 99.9 Å². The molecule has 1 rings (SSSR count). The van der Waals surface area contributed by atoms with Gasteiger partial charge >= 0.3 is 5.97 Å². The SMILES string of the molecule is COC(=O)Cc1cc(Br)c(C(F)F)c(C)n1. The summed E-state index contributed by atoms with van der Waals surface area (Å²) in [6.07, 6.45) is -2.62. The average molecular weight is 294 g/mol. The number of nitrogens with zero attached hydrogens (tertiary/aromatic N) is 1. The van der Waals surface area contributed by atoms with Crippen molar-refractivity contribution < 1.29 is 18.3 Å². The minimum Gasteiger partial charge on any atom is -0.469 e. The van der Waals surface area contributed by atoms with Gasteiger partial charge in [-0.2, -0.15) is 0 Å². The molecule has 0 unspecified atom stereocenters. The molecule has 1 heterocycles. The zero-order valence-electron chi connectivity index (χ0n) is 8.76. The Morgan fingerprint density at radius 2 is 2.25 bits per heavy atom. The van der Waals surface area contributed by atoms with Gasteiger partial charge in [0.2, 0.25) is 0 Å². The third-order valence-electron chi connectivity index (χ3n) is 2.02. The first-order valence-corrected chi connectivity index (χ1v) is 5.26. The molecule has 88 valence electrons. The van der Waals surface area contributed by atoms with Gasteiger partial charge in [0.15, 0.2) is 0 Å². The standard InChI is InChI=1S/C10H10BrF2NO2/c1-5-9(10(12)13)7(11)3-6(14-5)4-8(15)16-2/h3,10H,4H2,1-2H3. The number of aromatic nitrogens is 1. The molecule has 0 atom stereocenters. The number of alkyl halides is 2. The van der Waals surface area contributed by atoms with Crippen molar-refractivity contribution in [3.8, 4) is 0 Å². The van der Waals surface area contributed by atoms with Crippen LogP contribution in [0.2, 0.25) is 0 Å². The number of ether oxygens (including phenoxy) is 1. The van der Waals surface area contributed by atoms with Gasteiger partial charge in [0.1, 0.15) is 0 Å². The summed E-state index contributed by atoms with van der Waals surface area (Å²) in [4.78, 5) is 14.9. The monoisotopic (exact) mass is 293 g/mol. The highest BCUT2D eigenvalue weighted by molar-refractivity contribution is 9.10. The van der Waals surface area contributed by atoms with E-state index in [1.165, 1.54) is 20.1 Å². The molecule has 0 spiro atoms. The molecular weight excluding hydrogens is 284 g/mol. The molecule has 0 N–H and O–H groups in total. The van der Waals surface area contributed by atoms with Gasteiger partial charge in [-0.15, -0.1) is 0 Å². The average Bonchev–Trinajstić information content (AvgIpc) is 2.15. The summed E-state index contributed by atoms with van der Waals surface area (Å²) in [6, 6.07) is 1.41. The Bertz CT molecular complexity index is 387. The van der Waals surface area contributed by atoms with Crippen molar-refractivity contribution in [3.63, 3.8) is 0 Å². The number of pyridine rings is 1. The Balaban J connectivity index is 3.05. The lowest BCUT2D eigenvalue weighted by molar-refractivity contribution is -0.139. The molecule has 0 bridgehead atoms. The summed E-state index contributed by atoms with van der Waals surface area (Å²) in [5, 5.41) is 0. The van der Waals surface area contributed by atoms with Gasteiger partial charge in [0, 0.05) is 10.2 Å². The third kappa shape index (κ3) is 2.98. The van der Waals surface area contributed by atoms with Crippen molar-refractivity contribution in [1.29, 1.82) is 0 Å². The summed E-state index contributed by atoms with van der Waals surface area (Å²) >= 11 is 3.04. The predicted molar refractivity (Wildman–Crippen MR) is 57.4 cm³/mol. The van der Waals surface area contributed by atoms with Gasteiger partial charge in [0.05, 0.1) is 24.8 Å². The number of halogens is 3. The fraction of sp³-hybridized carbons (Fsp3) is 0.400. The molecule has 0 aliphatic rings. The zero-order chi connectivity index (χ0) is 12.3. The molecule has 0 fully saturated rings. The van der Waals surface area contributed by atoms with Gasteiger partial charge < -0.3 is 4.74 Å². The smallest absolute Gasteiger partial charge is 0.311 e. The third-order valence-corrected chi connectivity index (χ3v) is 2.68. The minimum absolute atomic E-state index is 0.0283. The highest BCUT2D eigenvalue weighted by Gasteiger charge is 2.17. The molecule has 1 aromatic heterocycles. The minimum atomic E-state index is -2.59. The molecule has 1 aromatic rings. The van der Waals surface area contributed by atoms with Crippen LogP contribution in [0.1, 0.15) is 23.4 Å². The van der Waals surface area contributed by atoms with Crippen molar-refractivity contribution >= 4 is 21.9 Å². The number of aryl methyl sites for hydroxylation is 1. The van der Waals surface area contributed by atoms with E-state index in [1.807, 2.05) is 0 Å². The Hall–Kier alpha value is -1.04. The van der Waals surface area contributed by atoms with Crippen LogP contribution in [-0.2, 0) is 16.0 Å². The van der Waals surface area contributed by atoms with Gasteiger partial charge in [-0.25, -0.2) is 8.78 Å². The van der Waals surface area contributed by atoms with Crippen molar-refractivity contribution in [2.75, 3.05) is 7.11 Å². The maximum Gasteiger partial charge on any atom is 0.311 e. The van der Waals surface area contributed by atoms with Gasteiger partial charge in [-0.1, -0.05) is 15.9 Å². The molecule has 0 saturated carbocycles. The van der Waals surface area contributed by atoms with E-state index in [0.717, 1.165) is 0 Å². The van der Waals surface area contributed by atoms with E-state index in [4.69, 9.17) is 0 Å². The Morgan fingerprint density at radius 1 is 1.62 bits per heavy atom. The summed E-state index contributed by atoms with van der Waals surface area (Å²) < 4.78 is 29.9. The van der Waals surface area contributed by atoms with E-state index >= 15 is 0 Å². The second-order valence-corrected chi connectivity index (χ2v) is 4.00. The summed E-state index contributed by atoms with van der Waals surface area (Å²) in [6.45, 7) is 1.48. The maximum atomic E-state index is 12.6. The van der Waals surface area contributed by atoms with Crippen LogP contribution in [0.3, 0.4) is 0 Å². The fourth-order valence-electron chi connectivity index (χ4n) is 1.28. The lowest BCUT2D eigenvalue weighted by Gasteiger charge is -2.09. The molecular formula is C10H10BrF2NO2. The summed E-state index contributed by atoms with van der Waals surface area (Å²) in [5.74, 6) is -0.455. The van der Waals surface area contributed by atoms with E-state index < -0.39 is 12.4 Å². The van der Waals surface area contributed by atoms with Crippen LogP contribution in [0.15, 0.2) is 10.5 Å². The number of carbonyl (C=O) groups excluding carboxylic acids is 1. The lowest BCUT2D eigenvalue weighted by Crippen LogP contribution is -2.08. The second-order valence-electron chi connectivity index (χ2n) is 3.15. The molecule has 0 aliphatic carbocycles. The first-order chi connectivity index (χ1) is 7.45. The van der Waals surface area contributed by atoms with Crippen LogP contribution in [0, 0.1) is 6.92 Å². The van der Waals surface area contributed by atoms with E-state index in [0.29, 0.717) is 5.69 Å². The number of esters is 1. The van der Waals surface area contributed by atoms with Gasteiger partial charge in [-0.3, -0.25) is 9.78 Å². The van der Waals surface area contributed by atoms with Crippen molar-refractivity contribution in [1.82, 2.24) is 4.98 Å². The molecule has 0 aromatic carbocycles. The number of carbonyl (C=O) groups is 1. The number of hydrogen-bond donors (Lipinski definition) is 0. The van der Waals surface area contributed by atoms with Crippen LogP contribution < -0.4 is 0 Å². The largest absolute Gasteiger partial charge is 0.469 e. The Kier molecular flexibility index (Phi) is 4.35. The van der Waals surface area contributed by atoms with Crippen LogP contribution in [0.4, 0.5) is 8.78 Å². The van der Waals surface area contributed by atoms with E-state index in [1.54, 1.807) is 0 Å². The lowest BCUT2D eigenvalue weighted by atomic mass is 10.1. The van der Waals surface area contributed by atoms with Crippen LogP contribution in [-0.4, -0.2) is 18.1 Å². The summed E-state index contributed by atoms with van der Waals surface area (Å²) in [5.41, 5.74) is 0.470. The molecule has 16 heavy (non-hydrogen) atoms. The van der Waals surface area contributed by atoms with Gasteiger partial charge in [0.25, 0.3) is 6.43 Å². The highest BCUT2D eigenvalue weighted by Crippen LogP contribution is 2.30. The molecule has 6 heteroatoms. The Morgan fingerprint density at radius 3 is 2.69 bits per heavy atom. The quantitative estimate of drug-likeness (QED) is 0.805.